The smallest absolute Gasteiger partial charge is 0.410 e. The van der Waals surface area contributed by atoms with Gasteiger partial charge in [-0.05, 0) is 96.5 Å². The molecule has 3 heterocycles. The molecule has 206 valence electrons. The maximum absolute atomic E-state index is 12.3. The molecule has 1 amide bonds. The van der Waals surface area contributed by atoms with Gasteiger partial charge in [0.1, 0.15) is 5.60 Å². The van der Waals surface area contributed by atoms with Crippen LogP contribution < -0.4 is 0 Å². The zero-order chi connectivity index (χ0) is 26.3. The van der Waals surface area contributed by atoms with E-state index in [1.807, 2.05) is 48.9 Å². The van der Waals surface area contributed by atoms with Crippen LogP contribution in [0.1, 0.15) is 63.2 Å². The highest BCUT2D eigenvalue weighted by Gasteiger charge is 2.28. The summed E-state index contributed by atoms with van der Waals surface area (Å²) in [7, 11) is 0. The molecule has 1 aromatic carbocycles. The van der Waals surface area contributed by atoms with E-state index in [4.69, 9.17) is 9.57 Å². The molecule has 0 N–H and O–H groups in total. The number of hydroxylamine groups is 2. The van der Waals surface area contributed by atoms with Crippen molar-refractivity contribution >= 4 is 12.1 Å². The Hall–Kier alpha value is -2.16. The molecule has 0 bridgehead atoms. The van der Waals surface area contributed by atoms with Crippen LogP contribution in [-0.2, 0) is 9.57 Å². The molecule has 3 fully saturated rings. The van der Waals surface area contributed by atoms with E-state index in [-0.39, 0.29) is 12.1 Å². The van der Waals surface area contributed by atoms with Gasteiger partial charge in [0, 0.05) is 45.8 Å². The third kappa shape index (κ3) is 8.97. The Morgan fingerprint density at radius 1 is 0.811 bits per heavy atom. The second kappa shape index (κ2) is 13.1. The highest BCUT2D eigenvalue weighted by atomic mass is 16.7. The first-order valence-corrected chi connectivity index (χ1v) is 14.2. The predicted octanol–water partition coefficient (Wildman–Crippen LogP) is 4.13. The van der Waals surface area contributed by atoms with Gasteiger partial charge in [0.2, 0.25) is 0 Å². The number of rotatable bonds is 7. The van der Waals surface area contributed by atoms with E-state index in [0.29, 0.717) is 11.5 Å². The molecule has 0 radical (unpaired) electrons. The summed E-state index contributed by atoms with van der Waals surface area (Å²) in [6, 6.07) is 9.20. The average molecular weight is 515 g/mol. The summed E-state index contributed by atoms with van der Waals surface area (Å²) in [6.45, 7) is 15.6. The molecular formula is C29H46N4O4. The SMILES string of the molecule is CC(C)(C)OC(=O)N1CCC(CCN2CCC(CN3CCN(OC(=O)c4ccccc4)CC3)CC2)CC1. The maximum atomic E-state index is 12.3. The minimum atomic E-state index is -0.425. The fraction of sp³-hybridized carbons (Fsp3) is 0.724. The van der Waals surface area contributed by atoms with Gasteiger partial charge in [-0.1, -0.05) is 18.2 Å². The van der Waals surface area contributed by atoms with Crippen LogP contribution in [0.15, 0.2) is 30.3 Å². The molecule has 0 atom stereocenters. The number of nitrogens with zero attached hydrogens (tertiary/aromatic N) is 4. The standard InChI is InChI=1S/C29H46N4O4/c1-29(2,3)36-28(35)32-17-12-24(13-18-32)9-14-30-15-10-25(11-16-30)23-31-19-21-33(22-20-31)37-27(34)26-7-5-4-6-8-26/h4-8,24-25H,9-23H2,1-3H3. The van der Waals surface area contributed by atoms with E-state index < -0.39 is 5.60 Å². The van der Waals surface area contributed by atoms with Gasteiger partial charge >= 0.3 is 12.1 Å². The molecule has 0 aliphatic carbocycles. The van der Waals surface area contributed by atoms with Crippen LogP contribution in [0.25, 0.3) is 0 Å². The Morgan fingerprint density at radius 3 is 2.05 bits per heavy atom. The van der Waals surface area contributed by atoms with Crippen molar-refractivity contribution in [1.29, 1.82) is 0 Å². The Kier molecular flexibility index (Phi) is 9.84. The van der Waals surface area contributed by atoms with E-state index in [9.17, 15) is 9.59 Å². The van der Waals surface area contributed by atoms with Gasteiger partial charge in [-0.3, -0.25) is 0 Å². The first kappa shape index (κ1) is 27.9. The molecule has 3 aliphatic rings. The van der Waals surface area contributed by atoms with Gasteiger partial charge in [-0.15, -0.1) is 5.06 Å². The lowest BCUT2D eigenvalue weighted by molar-refractivity contribution is -0.131. The highest BCUT2D eigenvalue weighted by Crippen LogP contribution is 2.25. The first-order chi connectivity index (χ1) is 17.7. The molecule has 0 unspecified atom stereocenters. The number of likely N-dealkylation sites (tertiary alicyclic amines) is 2. The van der Waals surface area contributed by atoms with E-state index in [2.05, 4.69) is 9.80 Å². The second-order valence-corrected chi connectivity index (χ2v) is 12.0. The summed E-state index contributed by atoms with van der Waals surface area (Å²) in [5.74, 6) is 1.20. The van der Waals surface area contributed by atoms with Crippen molar-refractivity contribution in [3.05, 3.63) is 35.9 Å². The van der Waals surface area contributed by atoms with Gasteiger partial charge < -0.3 is 24.3 Å². The fourth-order valence-corrected chi connectivity index (χ4v) is 5.60. The van der Waals surface area contributed by atoms with Gasteiger partial charge in [-0.2, -0.15) is 0 Å². The van der Waals surface area contributed by atoms with Crippen LogP contribution in [0, 0.1) is 11.8 Å². The lowest BCUT2D eigenvalue weighted by atomic mass is 9.92. The van der Waals surface area contributed by atoms with Gasteiger partial charge in [-0.25, -0.2) is 9.59 Å². The monoisotopic (exact) mass is 514 g/mol. The Morgan fingerprint density at radius 2 is 1.43 bits per heavy atom. The summed E-state index contributed by atoms with van der Waals surface area (Å²) >= 11 is 0. The molecule has 3 saturated heterocycles. The molecule has 8 nitrogen and oxygen atoms in total. The fourth-order valence-electron chi connectivity index (χ4n) is 5.60. The largest absolute Gasteiger partial charge is 0.444 e. The molecular weight excluding hydrogens is 468 g/mol. The molecule has 8 heteroatoms. The molecule has 3 aliphatic heterocycles. The van der Waals surface area contributed by atoms with E-state index in [1.165, 1.54) is 38.9 Å². The topological polar surface area (TPSA) is 65.6 Å². The number of hydrogen-bond acceptors (Lipinski definition) is 7. The summed E-state index contributed by atoms with van der Waals surface area (Å²) < 4.78 is 5.52. The highest BCUT2D eigenvalue weighted by molar-refractivity contribution is 5.89. The van der Waals surface area contributed by atoms with Crippen molar-refractivity contribution in [3.8, 4) is 0 Å². The summed E-state index contributed by atoms with van der Waals surface area (Å²) in [6.07, 6.45) is 5.77. The number of ether oxygens (including phenoxy) is 1. The number of carbonyl (C=O) groups is 2. The number of amides is 1. The number of carbonyl (C=O) groups excluding carboxylic acids is 2. The number of piperazine rings is 1. The molecule has 0 aromatic heterocycles. The molecule has 4 rings (SSSR count). The van der Waals surface area contributed by atoms with Crippen LogP contribution in [0.4, 0.5) is 4.79 Å². The quantitative estimate of drug-likeness (QED) is 0.542. The van der Waals surface area contributed by atoms with Crippen molar-refractivity contribution in [2.45, 2.75) is 58.5 Å². The van der Waals surface area contributed by atoms with E-state index >= 15 is 0 Å². The molecule has 0 saturated carbocycles. The van der Waals surface area contributed by atoms with Gasteiger partial charge in [0.05, 0.1) is 5.56 Å². The Bertz CT molecular complexity index is 850. The third-order valence-electron chi connectivity index (χ3n) is 7.90. The normalized spacial score (nSPS) is 21.6. The zero-order valence-electron chi connectivity index (χ0n) is 23.1. The van der Waals surface area contributed by atoms with Crippen LogP contribution in [0.5, 0.6) is 0 Å². The van der Waals surface area contributed by atoms with Crippen LogP contribution in [-0.4, -0.2) is 103 Å². The predicted molar refractivity (Wildman–Crippen MR) is 144 cm³/mol. The van der Waals surface area contributed by atoms with Crippen LogP contribution in [0.3, 0.4) is 0 Å². The summed E-state index contributed by atoms with van der Waals surface area (Å²) in [5, 5.41) is 1.81. The number of hydrogen-bond donors (Lipinski definition) is 0. The molecule has 0 spiro atoms. The minimum absolute atomic E-state index is 0.164. The van der Waals surface area contributed by atoms with Gasteiger partial charge in [0.15, 0.2) is 0 Å². The average Bonchev–Trinajstić information content (AvgIpc) is 2.89. The maximum Gasteiger partial charge on any atom is 0.410 e. The number of piperidine rings is 2. The van der Waals surface area contributed by atoms with E-state index in [0.717, 1.165) is 64.6 Å². The summed E-state index contributed by atoms with van der Waals surface area (Å²) in [5.41, 5.74) is 0.175. The van der Waals surface area contributed by atoms with Crippen molar-refractivity contribution < 1.29 is 19.2 Å². The molecule has 1 aromatic rings. The van der Waals surface area contributed by atoms with Crippen molar-refractivity contribution in [3.63, 3.8) is 0 Å². The Labute approximate surface area is 222 Å². The van der Waals surface area contributed by atoms with Crippen LogP contribution >= 0.6 is 0 Å². The van der Waals surface area contributed by atoms with Crippen molar-refractivity contribution in [1.82, 2.24) is 19.8 Å². The molecule has 37 heavy (non-hydrogen) atoms. The number of benzene rings is 1. The summed E-state index contributed by atoms with van der Waals surface area (Å²) in [4.78, 5) is 37.2. The van der Waals surface area contributed by atoms with Crippen molar-refractivity contribution in [2.75, 3.05) is 65.4 Å². The van der Waals surface area contributed by atoms with Crippen molar-refractivity contribution in [2.24, 2.45) is 11.8 Å². The lowest BCUT2D eigenvalue weighted by Gasteiger charge is -2.38. The van der Waals surface area contributed by atoms with Crippen LogP contribution in [0.2, 0.25) is 0 Å². The van der Waals surface area contributed by atoms with E-state index in [1.54, 1.807) is 12.1 Å². The second-order valence-electron chi connectivity index (χ2n) is 12.0. The minimum Gasteiger partial charge on any atom is -0.444 e. The lowest BCUT2D eigenvalue weighted by Crippen LogP contribution is -2.49. The first-order valence-electron chi connectivity index (χ1n) is 14.2. The third-order valence-corrected chi connectivity index (χ3v) is 7.90. The Balaban J connectivity index is 1.06. The zero-order valence-corrected chi connectivity index (χ0v) is 23.1. The van der Waals surface area contributed by atoms with Gasteiger partial charge in [0.25, 0.3) is 0 Å².